The smallest absolute Gasteiger partial charge is 0.414 e. The molecule has 3 heterocycles. The van der Waals surface area contributed by atoms with E-state index in [4.69, 9.17) is 20.3 Å². The lowest BCUT2D eigenvalue weighted by atomic mass is 10.1. The zero-order valence-electron chi connectivity index (χ0n) is 24.4. The van der Waals surface area contributed by atoms with Crippen LogP contribution in [0.4, 0.5) is 20.7 Å². The molecule has 1 amide bonds. The molecule has 0 unspecified atom stereocenters. The van der Waals surface area contributed by atoms with Crippen molar-refractivity contribution in [2.24, 2.45) is 5.73 Å². The summed E-state index contributed by atoms with van der Waals surface area (Å²) in [5.41, 5.74) is 5.94. The van der Waals surface area contributed by atoms with E-state index in [9.17, 15) is 14.0 Å². The lowest BCUT2D eigenvalue weighted by Crippen LogP contribution is -2.34. The van der Waals surface area contributed by atoms with Gasteiger partial charge in [0.25, 0.3) is 0 Å². The van der Waals surface area contributed by atoms with Gasteiger partial charge in [0.15, 0.2) is 10.9 Å². The molecule has 0 aliphatic rings. The van der Waals surface area contributed by atoms with Crippen LogP contribution in [-0.2, 0) is 9.53 Å². The first-order chi connectivity index (χ1) is 20.4. The summed E-state index contributed by atoms with van der Waals surface area (Å²) in [6.07, 6.45) is 5.92. The molecular weight excluding hydrogens is 579 g/mol. The topological polar surface area (TPSA) is 181 Å². The minimum Gasteiger partial charge on any atom is -0.481 e. The number of unbranched alkanes of at least 4 members (excludes halogenated alkanes) is 3. The Balaban J connectivity index is 1.72. The molecule has 4 aromatic rings. The number of aliphatic carboxylic acids is 1. The van der Waals surface area contributed by atoms with Crippen LogP contribution in [0.25, 0.3) is 21.9 Å². The molecule has 4 rings (SSSR count). The van der Waals surface area contributed by atoms with Crippen LogP contribution in [0.3, 0.4) is 0 Å². The van der Waals surface area contributed by atoms with Gasteiger partial charge >= 0.3 is 18.1 Å². The first-order valence-corrected chi connectivity index (χ1v) is 14.7. The van der Waals surface area contributed by atoms with Gasteiger partial charge in [-0.15, -0.1) is 0 Å². The monoisotopic (exact) mass is 614 g/mol. The van der Waals surface area contributed by atoms with Gasteiger partial charge in [0.2, 0.25) is 0 Å². The highest BCUT2D eigenvalue weighted by molar-refractivity contribution is 7.99. The van der Waals surface area contributed by atoms with E-state index in [1.54, 1.807) is 20.8 Å². The molecule has 0 spiro atoms. The molecule has 13 nitrogen and oxygen atoms in total. The van der Waals surface area contributed by atoms with Crippen molar-refractivity contribution in [1.29, 1.82) is 0 Å². The van der Waals surface area contributed by atoms with E-state index in [1.165, 1.54) is 36.5 Å². The molecule has 0 bridgehead atoms. The Kier molecular flexibility index (Phi) is 10.2. The van der Waals surface area contributed by atoms with Crippen LogP contribution >= 0.6 is 11.8 Å². The largest absolute Gasteiger partial charge is 0.481 e. The summed E-state index contributed by atoms with van der Waals surface area (Å²) in [6.45, 7) is 6.48. The van der Waals surface area contributed by atoms with E-state index < -0.39 is 23.5 Å². The van der Waals surface area contributed by atoms with Gasteiger partial charge < -0.3 is 30.6 Å². The van der Waals surface area contributed by atoms with Gasteiger partial charge in [0, 0.05) is 19.0 Å². The van der Waals surface area contributed by atoms with E-state index in [1.807, 2.05) is 0 Å². The molecule has 43 heavy (non-hydrogen) atoms. The lowest BCUT2D eigenvalue weighted by Gasteiger charge is -2.25. The number of rotatable bonds is 13. The summed E-state index contributed by atoms with van der Waals surface area (Å²) >= 11 is 0.978. The summed E-state index contributed by atoms with van der Waals surface area (Å²) in [5, 5.41) is 13.5. The first kappa shape index (κ1) is 31.7. The van der Waals surface area contributed by atoms with Crippen molar-refractivity contribution in [3.63, 3.8) is 0 Å². The second-order valence-electron chi connectivity index (χ2n) is 10.7. The average molecular weight is 615 g/mol. The van der Waals surface area contributed by atoms with Crippen molar-refractivity contribution in [1.82, 2.24) is 24.9 Å². The molecule has 0 radical (unpaired) electrons. The molecule has 0 saturated carbocycles. The van der Waals surface area contributed by atoms with Crippen molar-refractivity contribution in [2.45, 2.75) is 57.2 Å². The fourth-order valence-electron chi connectivity index (χ4n) is 4.19. The molecule has 0 atom stereocenters. The Morgan fingerprint density at radius 3 is 2.53 bits per heavy atom. The van der Waals surface area contributed by atoms with Crippen LogP contribution in [0.5, 0.6) is 11.8 Å². The quantitative estimate of drug-likeness (QED) is 0.0866. The Bertz CT molecular complexity index is 1590. The number of nitrogens with one attached hydrogen (secondary N) is 2. The number of carboxylic acid groups (broad SMARTS) is 1. The fraction of sp³-hybridized carbons (Fsp3) is 0.429. The van der Waals surface area contributed by atoms with Crippen LogP contribution in [0.1, 0.15) is 46.5 Å². The summed E-state index contributed by atoms with van der Waals surface area (Å²) in [5.74, 6) is -1.05. The van der Waals surface area contributed by atoms with Gasteiger partial charge in [-0.25, -0.2) is 19.2 Å². The number of carbonyl (C=O) groups excluding carboxylic acids is 1. The predicted octanol–water partition coefficient (Wildman–Crippen LogP) is 5.31. The van der Waals surface area contributed by atoms with E-state index in [0.29, 0.717) is 40.8 Å². The highest BCUT2D eigenvalue weighted by Crippen LogP contribution is 2.37. The van der Waals surface area contributed by atoms with Crippen molar-refractivity contribution < 1.29 is 28.6 Å². The number of hydrogen-bond acceptors (Lipinski definition) is 11. The average Bonchev–Trinajstić information content (AvgIpc) is 3.31. The van der Waals surface area contributed by atoms with Gasteiger partial charge in [0.05, 0.1) is 34.7 Å². The highest BCUT2D eigenvalue weighted by atomic mass is 32.2. The van der Waals surface area contributed by atoms with Gasteiger partial charge in [-0.1, -0.05) is 24.6 Å². The van der Waals surface area contributed by atoms with Crippen LogP contribution in [0.2, 0.25) is 0 Å². The number of ether oxygens (including phenoxy) is 2. The standard InChI is InChI=1S/C28H35FN8O5S/c1-28(2,3)42-27(40)37(4)19-12-16(29)11-18-21-23(31-10-8-6-5-7-9-30)35-25(36-24(21)34-22(18)19)41-17-13-32-26(33-14-17)43-15-20(38)39/h11-14H,5-10,15,30H2,1-4H3,(H,38,39)(H2,31,34,35,36). The van der Waals surface area contributed by atoms with Gasteiger partial charge in [-0.3, -0.25) is 9.69 Å². The Labute approximate surface area is 251 Å². The van der Waals surface area contributed by atoms with Crippen molar-refractivity contribution in [3.8, 4) is 11.8 Å². The number of carboxylic acids is 1. The summed E-state index contributed by atoms with van der Waals surface area (Å²) < 4.78 is 26.3. The third-order valence-corrected chi connectivity index (χ3v) is 6.93. The number of benzene rings is 1. The number of aromatic nitrogens is 5. The van der Waals surface area contributed by atoms with Gasteiger partial charge in [0.1, 0.15) is 22.9 Å². The Morgan fingerprint density at radius 1 is 1.14 bits per heavy atom. The van der Waals surface area contributed by atoms with Gasteiger partial charge in [-0.2, -0.15) is 9.97 Å². The van der Waals surface area contributed by atoms with Crippen LogP contribution in [-0.4, -0.2) is 73.6 Å². The second-order valence-corrected chi connectivity index (χ2v) is 11.6. The fourth-order valence-corrected chi connectivity index (χ4v) is 4.69. The first-order valence-electron chi connectivity index (χ1n) is 13.7. The number of fused-ring (bicyclic) bond motifs is 3. The van der Waals surface area contributed by atoms with E-state index in [-0.39, 0.29) is 28.4 Å². The molecule has 5 N–H and O–H groups in total. The lowest BCUT2D eigenvalue weighted by molar-refractivity contribution is -0.133. The Morgan fingerprint density at radius 2 is 1.86 bits per heavy atom. The molecule has 3 aromatic heterocycles. The van der Waals surface area contributed by atoms with Crippen molar-refractivity contribution in [2.75, 3.05) is 36.1 Å². The number of carbonyl (C=O) groups is 2. The maximum Gasteiger partial charge on any atom is 0.414 e. The Hall–Kier alpha value is -4.24. The number of nitrogens with two attached hydrogens (primary N) is 1. The number of aromatic amines is 1. The number of thioether (sulfide) groups is 1. The number of anilines is 2. The minimum absolute atomic E-state index is 0.0262. The molecule has 0 saturated heterocycles. The second kappa shape index (κ2) is 13.8. The number of amides is 1. The maximum absolute atomic E-state index is 15.0. The van der Waals surface area contributed by atoms with E-state index in [2.05, 4.69) is 30.2 Å². The number of H-pyrrole nitrogens is 1. The normalized spacial score (nSPS) is 11.6. The van der Waals surface area contributed by atoms with Crippen LogP contribution in [0.15, 0.2) is 29.7 Å². The summed E-state index contributed by atoms with van der Waals surface area (Å²) in [7, 11) is 1.51. The molecule has 0 aliphatic heterocycles. The number of halogens is 1. The third-order valence-electron chi connectivity index (χ3n) is 6.07. The van der Waals surface area contributed by atoms with Gasteiger partial charge in [-0.05, 0) is 52.3 Å². The summed E-state index contributed by atoms with van der Waals surface area (Å²) in [4.78, 5) is 45.4. The highest BCUT2D eigenvalue weighted by Gasteiger charge is 2.25. The van der Waals surface area contributed by atoms with Crippen LogP contribution < -0.4 is 20.7 Å². The summed E-state index contributed by atoms with van der Waals surface area (Å²) in [6, 6.07) is 2.58. The van der Waals surface area contributed by atoms with Crippen molar-refractivity contribution >= 4 is 57.3 Å². The SMILES string of the molecule is CN(C(=O)OC(C)(C)C)c1cc(F)cc2c1[nH]c1nc(Oc3cnc(SCC(=O)O)nc3)nc(NCCCCCCN)c12. The van der Waals surface area contributed by atoms with Crippen molar-refractivity contribution in [3.05, 3.63) is 30.3 Å². The molecule has 15 heteroatoms. The van der Waals surface area contributed by atoms with E-state index in [0.717, 1.165) is 37.4 Å². The predicted molar refractivity (Wildman–Crippen MR) is 162 cm³/mol. The molecular formula is C28H35FN8O5S. The molecule has 0 fully saturated rings. The van der Waals surface area contributed by atoms with E-state index >= 15 is 0 Å². The molecule has 230 valence electrons. The van der Waals surface area contributed by atoms with Crippen LogP contribution in [0, 0.1) is 5.82 Å². The third kappa shape index (κ3) is 8.41. The molecule has 0 aliphatic carbocycles. The number of nitrogens with zero attached hydrogens (tertiary/aromatic N) is 5. The zero-order chi connectivity index (χ0) is 31.1. The zero-order valence-corrected chi connectivity index (χ0v) is 25.3. The molecule has 1 aromatic carbocycles. The maximum atomic E-state index is 15.0. The number of hydrogen-bond donors (Lipinski definition) is 4. The minimum atomic E-state index is -0.978.